The minimum absolute atomic E-state index is 0.323. The zero-order valence-electron chi connectivity index (χ0n) is 10.7. The number of benzene rings is 2. The minimum atomic E-state index is -0.908. The third-order valence-corrected chi connectivity index (χ3v) is 5.64. The van der Waals surface area contributed by atoms with E-state index in [4.69, 9.17) is 0 Å². The largest absolute Gasteiger partial charge is 0.478 e. The molecule has 3 nitrogen and oxygen atoms in total. The number of thiazole rings is 1. The van der Waals surface area contributed by atoms with Crippen LogP contribution in [0.1, 0.15) is 15.4 Å². The van der Waals surface area contributed by atoms with E-state index >= 15 is 0 Å². The molecular weight excluding hydrogens is 370 g/mol. The van der Waals surface area contributed by atoms with Gasteiger partial charge in [0.15, 0.2) is 0 Å². The number of carbonyl (C=O) groups is 1. The van der Waals surface area contributed by atoms with Gasteiger partial charge in [0.05, 0.1) is 21.5 Å². The zero-order valence-corrected chi connectivity index (χ0v) is 14.0. The fourth-order valence-corrected chi connectivity index (χ4v) is 4.47. The molecule has 1 aromatic heterocycles. The molecule has 21 heavy (non-hydrogen) atoms. The van der Waals surface area contributed by atoms with Crippen molar-refractivity contribution >= 4 is 55.2 Å². The van der Waals surface area contributed by atoms with Crippen molar-refractivity contribution in [1.82, 2.24) is 4.98 Å². The van der Waals surface area contributed by atoms with Gasteiger partial charge >= 0.3 is 5.97 Å². The van der Waals surface area contributed by atoms with Crippen molar-refractivity contribution in [3.63, 3.8) is 0 Å². The molecule has 0 aliphatic carbocycles. The van der Waals surface area contributed by atoms with Crippen LogP contribution in [0, 0.1) is 0 Å². The molecule has 3 aromatic rings. The molecule has 6 heteroatoms. The Morgan fingerprint density at radius 1 is 1.29 bits per heavy atom. The van der Waals surface area contributed by atoms with Gasteiger partial charge < -0.3 is 5.11 Å². The SMILES string of the molecule is O=C(O)c1ccc(Br)cc1SCc1nc2ccccc2s1. The van der Waals surface area contributed by atoms with Gasteiger partial charge in [-0.15, -0.1) is 23.1 Å². The number of thioether (sulfide) groups is 1. The van der Waals surface area contributed by atoms with Crippen molar-refractivity contribution in [2.75, 3.05) is 0 Å². The summed E-state index contributed by atoms with van der Waals surface area (Å²) >= 11 is 6.52. The van der Waals surface area contributed by atoms with Crippen LogP contribution in [0.15, 0.2) is 51.8 Å². The minimum Gasteiger partial charge on any atom is -0.478 e. The van der Waals surface area contributed by atoms with Crippen molar-refractivity contribution in [3.8, 4) is 0 Å². The molecule has 0 amide bonds. The second kappa shape index (κ2) is 6.17. The van der Waals surface area contributed by atoms with Crippen LogP contribution in [0.3, 0.4) is 0 Å². The molecule has 0 aliphatic rings. The maximum Gasteiger partial charge on any atom is 0.336 e. The second-order valence-electron chi connectivity index (χ2n) is 4.31. The van der Waals surface area contributed by atoms with Crippen LogP contribution in [-0.4, -0.2) is 16.1 Å². The fraction of sp³-hybridized carbons (Fsp3) is 0.0667. The summed E-state index contributed by atoms with van der Waals surface area (Å²) in [5, 5.41) is 10.2. The molecule has 3 rings (SSSR count). The molecule has 0 aliphatic heterocycles. The number of aromatic nitrogens is 1. The first-order chi connectivity index (χ1) is 10.1. The van der Waals surface area contributed by atoms with Crippen molar-refractivity contribution < 1.29 is 9.90 Å². The molecule has 0 unspecified atom stereocenters. The summed E-state index contributed by atoms with van der Waals surface area (Å²) in [5.74, 6) is -0.245. The summed E-state index contributed by atoms with van der Waals surface area (Å²) in [5.41, 5.74) is 1.31. The summed E-state index contributed by atoms with van der Waals surface area (Å²) in [7, 11) is 0. The Kier molecular flexibility index (Phi) is 4.28. The number of carboxylic acids is 1. The van der Waals surface area contributed by atoms with E-state index in [0.29, 0.717) is 11.3 Å². The van der Waals surface area contributed by atoms with E-state index in [-0.39, 0.29) is 0 Å². The molecular formula is C15H10BrNO2S2. The predicted octanol–water partition coefficient (Wildman–Crippen LogP) is 5.05. The van der Waals surface area contributed by atoms with Crippen molar-refractivity contribution in [2.45, 2.75) is 10.6 Å². The smallest absolute Gasteiger partial charge is 0.336 e. The van der Waals surface area contributed by atoms with Crippen LogP contribution in [-0.2, 0) is 5.75 Å². The van der Waals surface area contributed by atoms with Crippen LogP contribution >= 0.6 is 39.0 Å². The molecule has 0 bridgehead atoms. The first kappa shape index (κ1) is 14.6. The fourth-order valence-electron chi connectivity index (χ4n) is 1.91. The molecule has 0 atom stereocenters. The number of aromatic carboxylic acids is 1. The predicted molar refractivity (Wildman–Crippen MR) is 90.3 cm³/mol. The van der Waals surface area contributed by atoms with Crippen molar-refractivity contribution in [3.05, 3.63) is 57.5 Å². The molecule has 0 saturated carbocycles. The average molecular weight is 380 g/mol. The topological polar surface area (TPSA) is 50.2 Å². The number of nitrogens with zero attached hydrogens (tertiary/aromatic N) is 1. The lowest BCUT2D eigenvalue weighted by molar-refractivity contribution is 0.0693. The molecule has 1 N–H and O–H groups in total. The third kappa shape index (κ3) is 3.28. The highest BCUT2D eigenvalue weighted by atomic mass is 79.9. The van der Waals surface area contributed by atoms with Gasteiger partial charge in [0.2, 0.25) is 0 Å². The van der Waals surface area contributed by atoms with Gasteiger partial charge in [-0.2, -0.15) is 0 Å². The molecule has 0 saturated heterocycles. The van der Waals surface area contributed by atoms with Crippen LogP contribution in [0.4, 0.5) is 0 Å². The summed E-state index contributed by atoms with van der Waals surface area (Å²) in [6.07, 6.45) is 0. The van der Waals surface area contributed by atoms with Gasteiger partial charge in [0.1, 0.15) is 5.01 Å². The van der Waals surface area contributed by atoms with Gasteiger partial charge in [-0.1, -0.05) is 28.1 Å². The summed E-state index contributed by atoms with van der Waals surface area (Å²) in [6.45, 7) is 0. The molecule has 0 radical (unpaired) electrons. The highest BCUT2D eigenvalue weighted by molar-refractivity contribution is 9.10. The lowest BCUT2D eigenvalue weighted by atomic mass is 10.2. The number of hydrogen-bond acceptors (Lipinski definition) is 4. The van der Waals surface area contributed by atoms with Crippen LogP contribution in [0.5, 0.6) is 0 Å². The number of para-hydroxylation sites is 1. The average Bonchev–Trinajstić information content (AvgIpc) is 2.87. The Hall–Kier alpha value is -1.37. The third-order valence-electron chi connectivity index (χ3n) is 2.86. The number of fused-ring (bicyclic) bond motifs is 1. The Labute approximate surface area is 138 Å². The first-order valence-corrected chi connectivity index (χ1v) is 8.73. The number of carboxylic acid groups (broad SMARTS) is 1. The quantitative estimate of drug-likeness (QED) is 0.644. The molecule has 1 heterocycles. The molecule has 106 valence electrons. The Morgan fingerprint density at radius 2 is 2.10 bits per heavy atom. The maximum atomic E-state index is 11.2. The maximum absolute atomic E-state index is 11.2. The van der Waals surface area contributed by atoms with Gasteiger partial charge in [0.25, 0.3) is 0 Å². The van der Waals surface area contributed by atoms with E-state index in [1.54, 1.807) is 23.5 Å². The summed E-state index contributed by atoms with van der Waals surface area (Å²) in [6, 6.07) is 13.2. The van der Waals surface area contributed by atoms with Crippen molar-refractivity contribution in [2.24, 2.45) is 0 Å². The summed E-state index contributed by atoms with van der Waals surface area (Å²) < 4.78 is 2.03. The lowest BCUT2D eigenvalue weighted by Gasteiger charge is -2.05. The van der Waals surface area contributed by atoms with E-state index in [0.717, 1.165) is 24.6 Å². The monoisotopic (exact) mass is 379 g/mol. The van der Waals surface area contributed by atoms with Gasteiger partial charge in [-0.25, -0.2) is 9.78 Å². The number of halogens is 1. The highest BCUT2D eigenvalue weighted by Crippen LogP contribution is 2.32. The van der Waals surface area contributed by atoms with E-state index < -0.39 is 5.97 Å². The Bertz CT molecular complexity index is 783. The molecule has 0 fully saturated rings. The highest BCUT2D eigenvalue weighted by Gasteiger charge is 2.12. The van der Waals surface area contributed by atoms with E-state index in [2.05, 4.69) is 20.9 Å². The summed E-state index contributed by atoms with van der Waals surface area (Å²) in [4.78, 5) is 16.6. The van der Waals surface area contributed by atoms with Crippen LogP contribution < -0.4 is 0 Å². The van der Waals surface area contributed by atoms with E-state index in [9.17, 15) is 9.90 Å². The molecule has 2 aromatic carbocycles. The van der Waals surface area contributed by atoms with Gasteiger partial charge in [-0.3, -0.25) is 0 Å². The van der Waals surface area contributed by atoms with Gasteiger partial charge in [-0.05, 0) is 30.3 Å². The van der Waals surface area contributed by atoms with E-state index in [1.807, 2.05) is 30.3 Å². The Balaban J connectivity index is 1.84. The van der Waals surface area contributed by atoms with Crippen molar-refractivity contribution in [1.29, 1.82) is 0 Å². The molecule has 0 spiro atoms. The van der Waals surface area contributed by atoms with Gasteiger partial charge in [0, 0.05) is 9.37 Å². The number of hydrogen-bond donors (Lipinski definition) is 1. The lowest BCUT2D eigenvalue weighted by Crippen LogP contribution is -1.98. The second-order valence-corrected chi connectivity index (χ2v) is 7.36. The van der Waals surface area contributed by atoms with Crippen LogP contribution in [0.25, 0.3) is 10.2 Å². The standard InChI is InChI=1S/C15H10BrNO2S2/c16-9-5-6-10(15(18)19)13(7-9)20-8-14-17-11-3-1-2-4-12(11)21-14/h1-7H,8H2,(H,18,19). The van der Waals surface area contributed by atoms with Crippen LogP contribution in [0.2, 0.25) is 0 Å². The normalized spacial score (nSPS) is 10.9. The van der Waals surface area contributed by atoms with E-state index in [1.165, 1.54) is 11.8 Å². The Morgan fingerprint density at radius 3 is 2.86 bits per heavy atom. The number of rotatable bonds is 4. The first-order valence-electron chi connectivity index (χ1n) is 6.13. The zero-order chi connectivity index (χ0) is 14.8.